The predicted molar refractivity (Wildman–Crippen MR) is 96.3 cm³/mol. The predicted octanol–water partition coefficient (Wildman–Crippen LogP) is 2.68. The van der Waals surface area contributed by atoms with Crippen molar-refractivity contribution in [3.05, 3.63) is 35.6 Å². The first kappa shape index (κ1) is 18.1. The number of hydrogen-bond acceptors (Lipinski definition) is 7. The fraction of sp³-hybridized carbons (Fsp3) is 0.438. The van der Waals surface area contributed by atoms with Gasteiger partial charge in [-0.1, -0.05) is 35.2 Å². The average molecular weight is 382 g/mol. The van der Waals surface area contributed by atoms with E-state index in [1.165, 1.54) is 35.2 Å². The molecule has 1 saturated heterocycles. The maximum Gasteiger partial charge on any atom is 0.230 e. The van der Waals surface area contributed by atoms with E-state index in [4.69, 9.17) is 4.74 Å². The number of halogens is 1. The number of carbonyl (C=O) groups is 1. The summed E-state index contributed by atoms with van der Waals surface area (Å²) in [6, 6.07) is 6.06. The van der Waals surface area contributed by atoms with Crippen LogP contribution in [0.2, 0.25) is 0 Å². The van der Waals surface area contributed by atoms with Crippen LogP contribution in [0.15, 0.2) is 28.6 Å². The fourth-order valence-electron chi connectivity index (χ4n) is 2.33. The Morgan fingerprint density at radius 1 is 1.36 bits per heavy atom. The summed E-state index contributed by atoms with van der Waals surface area (Å²) in [5, 5.41) is 14.9. The lowest BCUT2D eigenvalue weighted by molar-refractivity contribution is -0.118. The molecule has 6 nitrogen and oxygen atoms in total. The van der Waals surface area contributed by atoms with Crippen LogP contribution in [0, 0.1) is 5.82 Å². The van der Waals surface area contributed by atoms with Gasteiger partial charge in [0.2, 0.25) is 11.0 Å². The molecule has 1 fully saturated rings. The fourth-order valence-corrected chi connectivity index (χ4v) is 3.92. The average Bonchev–Trinajstić information content (AvgIpc) is 3.29. The summed E-state index contributed by atoms with van der Waals surface area (Å²) < 4.78 is 19.1. The smallest absolute Gasteiger partial charge is 0.230 e. The Balaban J connectivity index is 1.36. The van der Waals surface area contributed by atoms with Gasteiger partial charge in [-0.05, 0) is 30.5 Å². The van der Waals surface area contributed by atoms with Crippen molar-refractivity contribution < 1.29 is 13.9 Å². The first-order chi connectivity index (χ1) is 12.2. The van der Waals surface area contributed by atoms with E-state index < -0.39 is 0 Å². The van der Waals surface area contributed by atoms with E-state index in [9.17, 15) is 9.18 Å². The van der Waals surface area contributed by atoms with Crippen molar-refractivity contribution in [3.63, 3.8) is 0 Å². The Hall–Kier alpha value is -1.71. The van der Waals surface area contributed by atoms with Crippen LogP contribution < -0.4 is 10.6 Å². The summed E-state index contributed by atoms with van der Waals surface area (Å²) in [5.74, 6) is -0.120. The van der Waals surface area contributed by atoms with Crippen molar-refractivity contribution in [2.24, 2.45) is 0 Å². The number of thioether (sulfide) groups is 1. The molecule has 1 amide bonds. The molecule has 2 N–H and O–H groups in total. The van der Waals surface area contributed by atoms with Gasteiger partial charge in [0, 0.05) is 19.7 Å². The minimum absolute atomic E-state index is 0.0987. The SMILES string of the molecule is O=C(CSc1nnc(NC[C@@H]2CCCO2)s1)NCc1ccc(F)cc1. The standard InChI is InChI=1S/C16H19FN4O2S2/c17-12-5-3-11(4-6-12)8-18-14(22)10-24-16-21-20-15(25-16)19-9-13-2-1-7-23-13/h3-6,13H,1-2,7-10H2,(H,18,22)(H,19,20)/t13-/m0/s1. The van der Waals surface area contributed by atoms with E-state index in [1.54, 1.807) is 12.1 Å². The maximum absolute atomic E-state index is 12.8. The van der Waals surface area contributed by atoms with Gasteiger partial charge >= 0.3 is 0 Å². The molecule has 1 aromatic heterocycles. The second-order valence-electron chi connectivity index (χ2n) is 5.58. The highest BCUT2D eigenvalue weighted by molar-refractivity contribution is 8.01. The molecule has 1 aromatic carbocycles. The monoisotopic (exact) mass is 382 g/mol. The van der Waals surface area contributed by atoms with E-state index in [0.29, 0.717) is 6.54 Å². The van der Waals surface area contributed by atoms with E-state index in [0.717, 1.165) is 41.0 Å². The number of nitrogens with one attached hydrogen (secondary N) is 2. The van der Waals surface area contributed by atoms with Crippen LogP contribution >= 0.6 is 23.1 Å². The quantitative estimate of drug-likeness (QED) is 0.684. The van der Waals surface area contributed by atoms with Gasteiger partial charge in [0.25, 0.3) is 0 Å². The van der Waals surface area contributed by atoms with Crippen molar-refractivity contribution in [1.82, 2.24) is 15.5 Å². The Kier molecular flexibility index (Phi) is 6.60. The molecule has 9 heteroatoms. The van der Waals surface area contributed by atoms with Gasteiger partial charge < -0.3 is 15.4 Å². The highest BCUT2D eigenvalue weighted by Crippen LogP contribution is 2.25. The Morgan fingerprint density at radius 3 is 2.96 bits per heavy atom. The normalized spacial score (nSPS) is 16.8. The van der Waals surface area contributed by atoms with Crippen LogP contribution in [0.4, 0.5) is 9.52 Å². The van der Waals surface area contributed by atoms with Gasteiger partial charge in [0.15, 0.2) is 4.34 Å². The van der Waals surface area contributed by atoms with E-state index in [1.807, 2.05) is 0 Å². The highest BCUT2D eigenvalue weighted by atomic mass is 32.2. The molecule has 0 spiro atoms. The number of benzene rings is 1. The molecule has 0 unspecified atom stereocenters. The number of rotatable bonds is 8. The van der Waals surface area contributed by atoms with Crippen LogP contribution in [0.3, 0.4) is 0 Å². The Bertz CT molecular complexity index is 690. The molecular formula is C16H19FN4O2S2. The molecule has 134 valence electrons. The number of ether oxygens (including phenoxy) is 1. The second-order valence-corrected chi connectivity index (χ2v) is 7.78. The minimum atomic E-state index is -0.286. The summed E-state index contributed by atoms with van der Waals surface area (Å²) in [6.45, 7) is 1.94. The summed E-state index contributed by atoms with van der Waals surface area (Å²) >= 11 is 2.77. The lowest BCUT2D eigenvalue weighted by atomic mass is 10.2. The van der Waals surface area contributed by atoms with Crippen molar-refractivity contribution in [3.8, 4) is 0 Å². The van der Waals surface area contributed by atoms with Gasteiger partial charge in [-0.2, -0.15) is 0 Å². The Morgan fingerprint density at radius 2 is 2.20 bits per heavy atom. The van der Waals surface area contributed by atoms with Crippen LogP contribution in [0.5, 0.6) is 0 Å². The molecule has 1 aliphatic heterocycles. The van der Waals surface area contributed by atoms with E-state index in [2.05, 4.69) is 20.8 Å². The van der Waals surface area contributed by atoms with Crippen LogP contribution in [-0.4, -0.2) is 41.1 Å². The molecule has 3 rings (SSSR count). The minimum Gasteiger partial charge on any atom is -0.376 e. The van der Waals surface area contributed by atoms with Crippen LogP contribution in [0.1, 0.15) is 18.4 Å². The van der Waals surface area contributed by atoms with Gasteiger partial charge in [0.05, 0.1) is 11.9 Å². The van der Waals surface area contributed by atoms with E-state index >= 15 is 0 Å². The maximum atomic E-state index is 12.8. The van der Waals surface area contributed by atoms with Crippen LogP contribution in [-0.2, 0) is 16.1 Å². The summed E-state index contributed by atoms with van der Waals surface area (Å²) in [5.41, 5.74) is 0.858. The number of anilines is 1. The molecule has 0 aliphatic carbocycles. The Labute approximate surface area is 153 Å². The van der Waals surface area contributed by atoms with Crippen molar-refractivity contribution >= 4 is 34.1 Å². The zero-order chi connectivity index (χ0) is 17.5. The lowest BCUT2D eigenvalue weighted by Crippen LogP contribution is -2.24. The molecule has 0 bridgehead atoms. The molecule has 1 aliphatic rings. The number of amides is 1. The molecule has 0 saturated carbocycles. The van der Waals surface area contributed by atoms with Gasteiger partial charge in [-0.3, -0.25) is 4.79 Å². The lowest BCUT2D eigenvalue weighted by Gasteiger charge is -2.08. The summed E-state index contributed by atoms with van der Waals surface area (Å²) in [6.07, 6.45) is 2.43. The number of aromatic nitrogens is 2. The molecule has 2 aromatic rings. The zero-order valence-electron chi connectivity index (χ0n) is 13.5. The van der Waals surface area contributed by atoms with Gasteiger partial charge in [-0.15, -0.1) is 10.2 Å². The van der Waals surface area contributed by atoms with Crippen LogP contribution in [0.25, 0.3) is 0 Å². The van der Waals surface area contributed by atoms with Crippen molar-refractivity contribution in [1.29, 1.82) is 0 Å². The van der Waals surface area contributed by atoms with Gasteiger partial charge in [-0.25, -0.2) is 4.39 Å². The third kappa shape index (κ3) is 5.94. The number of nitrogens with zero attached hydrogens (tertiary/aromatic N) is 2. The zero-order valence-corrected chi connectivity index (χ0v) is 15.2. The largest absolute Gasteiger partial charge is 0.376 e. The first-order valence-corrected chi connectivity index (χ1v) is 9.82. The van der Waals surface area contributed by atoms with Gasteiger partial charge in [0.1, 0.15) is 5.82 Å². The molecule has 1 atom stereocenters. The molecular weight excluding hydrogens is 363 g/mol. The summed E-state index contributed by atoms with van der Waals surface area (Å²) in [4.78, 5) is 11.9. The third-order valence-electron chi connectivity index (χ3n) is 3.64. The first-order valence-electron chi connectivity index (χ1n) is 8.02. The number of carbonyl (C=O) groups excluding carboxylic acids is 1. The van der Waals surface area contributed by atoms with Crippen molar-refractivity contribution in [2.75, 3.05) is 24.2 Å². The second kappa shape index (κ2) is 9.12. The molecule has 0 radical (unpaired) electrons. The third-order valence-corrected chi connectivity index (χ3v) is 5.66. The number of hydrogen-bond donors (Lipinski definition) is 2. The van der Waals surface area contributed by atoms with Crippen molar-refractivity contribution in [2.45, 2.75) is 29.8 Å². The molecule has 2 heterocycles. The summed E-state index contributed by atoms with van der Waals surface area (Å²) in [7, 11) is 0. The molecule has 25 heavy (non-hydrogen) atoms. The highest BCUT2D eigenvalue weighted by Gasteiger charge is 2.16. The topological polar surface area (TPSA) is 76.1 Å². The van der Waals surface area contributed by atoms with E-state index in [-0.39, 0.29) is 23.6 Å².